The average molecular weight is 878 g/mol. The molecule has 0 radical (unpaired) electrons. The van der Waals surface area contributed by atoms with Crippen molar-refractivity contribution in [3.05, 3.63) is 41.6 Å². The Morgan fingerprint density at radius 1 is 1.08 bits per heavy atom. The lowest BCUT2D eigenvalue weighted by atomic mass is 9.65. The van der Waals surface area contributed by atoms with Crippen LogP contribution in [0.2, 0.25) is 0 Å². The summed E-state index contributed by atoms with van der Waals surface area (Å²) in [5, 5.41) is 6.05. The number of rotatable bonds is 8. The van der Waals surface area contributed by atoms with E-state index in [1.807, 2.05) is 12.2 Å². The van der Waals surface area contributed by atoms with Crippen LogP contribution in [0.15, 0.2) is 30.4 Å². The number of methoxy groups -OCH3 is 1. The van der Waals surface area contributed by atoms with E-state index in [0.29, 0.717) is 66.4 Å². The highest BCUT2D eigenvalue weighted by Crippen LogP contribution is 2.47. The summed E-state index contributed by atoms with van der Waals surface area (Å²) < 4.78 is 89.2. The number of amides is 4. The molecule has 2 saturated carbocycles. The van der Waals surface area contributed by atoms with Crippen molar-refractivity contribution in [1.82, 2.24) is 25.2 Å². The number of carbonyl (C=O) groups excluding carboxylic acids is 4. The molecule has 1 spiro atoms. The number of nitrogens with zero attached hydrogens (tertiary/aromatic N) is 2. The Balaban J connectivity index is 1.25. The maximum Gasteiger partial charge on any atom is 0.573 e. The third-order valence-electron chi connectivity index (χ3n) is 12.8. The van der Waals surface area contributed by atoms with Gasteiger partial charge in [0.25, 0.3) is 5.91 Å². The molecule has 19 heteroatoms. The summed E-state index contributed by atoms with van der Waals surface area (Å²) in [6.45, 7) is 6.53. The second kappa shape index (κ2) is 16.2. The van der Waals surface area contributed by atoms with E-state index in [2.05, 4.69) is 25.1 Å². The summed E-state index contributed by atoms with van der Waals surface area (Å²) in [7, 11) is -2.61. The molecule has 61 heavy (non-hydrogen) atoms. The number of hydrogen-bond donors (Lipinski definition) is 3. The molecule has 2 aliphatic carbocycles. The Labute approximate surface area is 352 Å². The molecule has 4 heterocycles. The second-order valence-electron chi connectivity index (χ2n) is 18.0. The Morgan fingerprint density at radius 3 is 2.51 bits per heavy atom. The summed E-state index contributed by atoms with van der Waals surface area (Å²) in [4.78, 5) is 63.2. The van der Waals surface area contributed by atoms with Crippen molar-refractivity contribution in [3.8, 4) is 11.5 Å². The van der Waals surface area contributed by atoms with Gasteiger partial charge in [0.2, 0.25) is 21.8 Å². The van der Waals surface area contributed by atoms with Gasteiger partial charge >= 0.3 is 12.5 Å². The number of pyridine rings is 1. The topological polar surface area (TPSA) is 192 Å². The first-order valence-electron chi connectivity index (χ1n) is 20.8. The number of carbonyl (C=O) groups is 4. The van der Waals surface area contributed by atoms with E-state index in [0.717, 1.165) is 6.42 Å². The lowest BCUT2D eigenvalue weighted by molar-refractivity contribution is -0.274. The first-order chi connectivity index (χ1) is 28.6. The quantitative estimate of drug-likeness (QED) is 0.288. The van der Waals surface area contributed by atoms with Crippen LogP contribution in [0, 0.1) is 12.8 Å². The van der Waals surface area contributed by atoms with Gasteiger partial charge in [0, 0.05) is 30.4 Å². The number of allylic oxidation sites excluding steroid dienone is 1. The monoisotopic (exact) mass is 877 g/mol. The smallest absolute Gasteiger partial charge is 0.483 e. The number of hydrogen-bond acceptors (Lipinski definition) is 11. The molecular formula is C42H54F3N5O10S. The molecule has 7 rings (SSSR count). The minimum atomic E-state index is -4.92. The van der Waals surface area contributed by atoms with Crippen molar-refractivity contribution in [2.24, 2.45) is 5.92 Å². The molecular weight excluding hydrogens is 824 g/mol. The molecule has 3 fully saturated rings. The molecule has 5 unspecified atom stereocenters. The van der Waals surface area contributed by atoms with Gasteiger partial charge in [-0.25, -0.2) is 18.2 Å². The van der Waals surface area contributed by atoms with E-state index in [-0.39, 0.29) is 45.3 Å². The van der Waals surface area contributed by atoms with Crippen molar-refractivity contribution in [1.29, 1.82) is 0 Å². The van der Waals surface area contributed by atoms with E-state index >= 15 is 0 Å². The molecule has 15 nitrogen and oxygen atoms in total. The summed E-state index contributed by atoms with van der Waals surface area (Å²) >= 11 is 0. The van der Waals surface area contributed by atoms with Gasteiger partial charge in [0.15, 0.2) is 0 Å². The van der Waals surface area contributed by atoms with Crippen molar-refractivity contribution < 1.29 is 59.7 Å². The van der Waals surface area contributed by atoms with E-state index < -0.39 is 85.4 Å². The van der Waals surface area contributed by atoms with Crippen LogP contribution < -0.4 is 24.8 Å². The van der Waals surface area contributed by atoms with Gasteiger partial charge in [-0.2, -0.15) is 0 Å². The number of alkyl halides is 3. The molecule has 1 aromatic carbocycles. The van der Waals surface area contributed by atoms with Gasteiger partial charge in [0.1, 0.15) is 40.3 Å². The number of benzene rings is 1. The summed E-state index contributed by atoms with van der Waals surface area (Å²) in [5.41, 5.74) is -2.42. The van der Waals surface area contributed by atoms with Crippen LogP contribution in [-0.2, 0) is 40.3 Å². The van der Waals surface area contributed by atoms with Crippen LogP contribution in [0.1, 0.15) is 103 Å². The molecule has 4 amide bonds. The second-order valence-corrected chi connectivity index (χ2v) is 20.2. The molecule has 334 valence electrons. The van der Waals surface area contributed by atoms with Crippen molar-refractivity contribution >= 4 is 44.7 Å². The average Bonchev–Trinajstić information content (AvgIpc) is 3.82. The van der Waals surface area contributed by atoms with Gasteiger partial charge in [-0.15, -0.1) is 13.2 Å². The van der Waals surface area contributed by atoms with E-state index in [1.54, 1.807) is 27.7 Å². The number of ether oxygens (including phenoxy) is 4. The van der Waals surface area contributed by atoms with Crippen LogP contribution in [0.25, 0.3) is 10.9 Å². The van der Waals surface area contributed by atoms with Gasteiger partial charge in [-0.3, -0.25) is 19.1 Å². The predicted octanol–water partition coefficient (Wildman–Crippen LogP) is 5.41. The normalized spacial score (nSPS) is 27.9. The van der Waals surface area contributed by atoms with Gasteiger partial charge in [0.05, 0.1) is 29.1 Å². The predicted molar refractivity (Wildman–Crippen MR) is 215 cm³/mol. The largest absolute Gasteiger partial charge is 0.573 e. The third kappa shape index (κ3) is 9.13. The minimum absolute atomic E-state index is 0.0642. The Hall–Kier alpha value is -4.65. The van der Waals surface area contributed by atoms with Gasteiger partial charge < -0.3 is 34.5 Å². The summed E-state index contributed by atoms with van der Waals surface area (Å²) in [6, 6.07) is 1.49. The zero-order valence-corrected chi connectivity index (χ0v) is 35.9. The molecule has 1 aromatic heterocycles. The first kappa shape index (κ1) is 44.4. The lowest BCUT2D eigenvalue weighted by Crippen LogP contribution is -2.70. The molecule has 1 saturated heterocycles. The van der Waals surface area contributed by atoms with Crippen LogP contribution in [0.5, 0.6) is 11.5 Å². The Kier molecular flexibility index (Phi) is 11.8. The van der Waals surface area contributed by atoms with Crippen molar-refractivity contribution in [3.63, 3.8) is 0 Å². The number of sulfonamides is 1. The van der Waals surface area contributed by atoms with Crippen molar-refractivity contribution in [2.75, 3.05) is 20.3 Å². The minimum Gasteiger partial charge on any atom is -0.483 e. The molecule has 2 aromatic rings. The first-order valence-corrected chi connectivity index (χ1v) is 22.3. The SMILES string of the molecule is COCC(C)(C)OC(=O)NC1CCCCCC=CC2CCC2(C(=O)NS(=O)(=O)C2(C)CC2)NC(=O)C2CC3(CCc4c(c(C)nc5ccc(OC(F)(F)F)cc45)O3)CN2C1=O. The van der Waals surface area contributed by atoms with Gasteiger partial charge in [-0.05, 0) is 104 Å². The van der Waals surface area contributed by atoms with Crippen LogP contribution in [-0.4, -0.2) is 102 Å². The standard InChI is InChI=1S/C42H54F3N5O10S/c1-25-33-28(29-21-27(58-42(43,44)45)13-14-30(29)46-25)16-17-40(59-33)22-32-34(51)48-41(36(53)49-61(55,56)39(4)19-20-39)18-15-26(41)11-9-7-6-8-10-12-31(35(52)50(32)23-40)47-37(54)60-38(2,3)24-57-5/h9,11,13-14,21,26,31-32H,6-8,10,12,15-20,22-24H2,1-5H3,(H,47,54)(H,48,51)(H,49,53). The van der Waals surface area contributed by atoms with Crippen LogP contribution in [0.3, 0.4) is 0 Å². The molecule has 3 aliphatic heterocycles. The highest BCUT2D eigenvalue weighted by atomic mass is 32.2. The lowest BCUT2D eigenvalue weighted by Gasteiger charge is -2.48. The fourth-order valence-corrected chi connectivity index (χ4v) is 10.4. The van der Waals surface area contributed by atoms with E-state index in [9.17, 15) is 40.8 Å². The number of aromatic nitrogens is 1. The summed E-state index contributed by atoms with van der Waals surface area (Å²) in [5.74, 6) is -2.80. The van der Waals surface area contributed by atoms with Crippen LogP contribution in [0.4, 0.5) is 18.0 Å². The highest BCUT2D eigenvalue weighted by molar-refractivity contribution is 7.91. The van der Waals surface area contributed by atoms with Crippen LogP contribution >= 0.6 is 0 Å². The maximum atomic E-state index is 14.9. The van der Waals surface area contributed by atoms with Crippen molar-refractivity contribution in [2.45, 2.75) is 145 Å². The van der Waals surface area contributed by atoms with E-state index in [1.165, 1.54) is 30.2 Å². The molecule has 0 bridgehead atoms. The molecule has 5 atom stereocenters. The fourth-order valence-electron chi connectivity index (χ4n) is 9.04. The third-order valence-corrected chi connectivity index (χ3v) is 15.0. The molecule has 5 aliphatic rings. The maximum absolute atomic E-state index is 14.9. The molecule has 3 N–H and O–H groups in total. The number of fused-ring (bicyclic) bond motifs is 5. The Bertz CT molecular complexity index is 2230. The number of halogens is 3. The zero-order chi connectivity index (χ0) is 44.2. The summed E-state index contributed by atoms with van der Waals surface area (Å²) in [6.07, 6.45) is 2.67. The number of aryl methyl sites for hydroxylation is 2. The van der Waals surface area contributed by atoms with E-state index in [4.69, 9.17) is 14.2 Å². The highest BCUT2D eigenvalue weighted by Gasteiger charge is 2.59. The van der Waals surface area contributed by atoms with Gasteiger partial charge in [-0.1, -0.05) is 25.0 Å². The number of alkyl carbamates (subject to hydrolysis) is 1. The fraction of sp³-hybridized carbons (Fsp3) is 0.643. The number of nitrogens with one attached hydrogen (secondary N) is 3. The Morgan fingerprint density at radius 2 is 1.84 bits per heavy atom. The zero-order valence-electron chi connectivity index (χ0n) is 35.0.